The number of hydrogen-bond acceptors (Lipinski definition) is 5. The zero-order valence-electron chi connectivity index (χ0n) is 19.2. The number of hydrogen-bond donors (Lipinski definition) is 1. The molecule has 0 aliphatic rings. The number of methoxy groups -OCH3 is 1. The summed E-state index contributed by atoms with van der Waals surface area (Å²) in [5.74, 6) is -0.906. The lowest BCUT2D eigenvalue weighted by Crippen LogP contribution is -2.52. The molecule has 0 bridgehead atoms. The number of halogens is 1. The van der Waals surface area contributed by atoms with Crippen LogP contribution in [0.15, 0.2) is 48.5 Å². The van der Waals surface area contributed by atoms with E-state index in [-0.39, 0.29) is 18.1 Å². The second-order valence-corrected chi connectivity index (χ2v) is 9.34. The molecular weight excluding hydrogens is 449 g/mol. The van der Waals surface area contributed by atoms with Crippen molar-refractivity contribution < 1.29 is 27.1 Å². The maximum Gasteiger partial charge on any atom is 0.244 e. The lowest BCUT2D eigenvalue weighted by Gasteiger charge is -2.32. The van der Waals surface area contributed by atoms with E-state index < -0.39 is 34.3 Å². The Labute approximate surface area is 194 Å². The number of sulfonamides is 1. The highest BCUT2D eigenvalue weighted by molar-refractivity contribution is 7.92. The third-order valence-corrected chi connectivity index (χ3v) is 6.16. The molecule has 2 aromatic carbocycles. The summed E-state index contributed by atoms with van der Waals surface area (Å²) in [5, 5.41) is 2.72. The van der Waals surface area contributed by atoms with Crippen LogP contribution in [0.1, 0.15) is 25.8 Å². The molecule has 33 heavy (non-hydrogen) atoms. The molecule has 0 saturated heterocycles. The summed E-state index contributed by atoms with van der Waals surface area (Å²) in [7, 11) is -2.37. The van der Waals surface area contributed by atoms with E-state index in [2.05, 4.69) is 5.32 Å². The Bertz CT molecular complexity index is 1060. The molecule has 8 nitrogen and oxygen atoms in total. The molecule has 0 unspecified atom stereocenters. The number of likely N-dealkylation sites (N-methyl/N-ethyl adjacent to an activating group) is 1. The van der Waals surface area contributed by atoms with Gasteiger partial charge in [-0.05, 0) is 49.2 Å². The van der Waals surface area contributed by atoms with Gasteiger partial charge in [-0.15, -0.1) is 0 Å². The molecule has 0 aliphatic carbocycles. The van der Waals surface area contributed by atoms with Gasteiger partial charge < -0.3 is 15.0 Å². The smallest absolute Gasteiger partial charge is 0.244 e. The predicted molar refractivity (Wildman–Crippen MR) is 125 cm³/mol. The minimum absolute atomic E-state index is 0.0290. The first-order chi connectivity index (χ1) is 15.6. The molecule has 0 aromatic heterocycles. The first kappa shape index (κ1) is 26.1. The van der Waals surface area contributed by atoms with E-state index in [0.717, 1.165) is 22.2 Å². The fraction of sp³-hybridized carbons (Fsp3) is 0.391. The Morgan fingerprint density at radius 1 is 1.12 bits per heavy atom. The lowest BCUT2D eigenvalue weighted by molar-refractivity contribution is -0.140. The molecule has 0 saturated carbocycles. The third kappa shape index (κ3) is 7.18. The topological polar surface area (TPSA) is 96.0 Å². The van der Waals surface area contributed by atoms with E-state index in [1.807, 2.05) is 0 Å². The van der Waals surface area contributed by atoms with Crippen LogP contribution in [0, 0.1) is 5.82 Å². The molecule has 180 valence electrons. The summed E-state index contributed by atoms with van der Waals surface area (Å²) in [6.07, 6.45) is 1.27. The number of rotatable bonds is 11. The maximum atomic E-state index is 13.8. The maximum absolute atomic E-state index is 13.8. The number of amides is 2. The molecule has 0 radical (unpaired) electrons. The van der Waals surface area contributed by atoms with Crippen molar-refractivity contribution >= 4 is 27.5 Å². The van der Waals surface area contributed by atoms with E-state index in [0.29, 0.717) is 18.7 Å². The van der Waals surface area contributed by atoms with Crippen LogP contribution in [-0.4, -0.2) is 57.6 Å². The number of anilines is 1. The van der Waals surface area contributed by atoms with E-state index >= 15 is 0 Å². The van der Waals surface area contributed by atoms with Gasteiger partial charge in [0.15, 0.2) is 0 Å². The van der Waals surface area contributed by atoms with Gasteiger partial charge in [-0.25, -0.2) is 12.8 Å². The normalized spacial score (nSPS) is 12.0. The molecule has 2 rings (SSSR count). The average molecular weight is 480 g/mol. The second kappa shape index (κ2) is 11.6. The van der Waals surface area contributed by atoms with Gasteiger partial charge in [0.05, 0.1) is 19.1 Å². The van der Waals surface area contributed by atoms with E-state index in [1.54, 1.807) is 45.2 Å². The van der Waals surface area contributed by atoms with Gasteiger partial charge >= 0.3 is 0 Å². The van der Waals surface area contributed by atoms with Crippen molar-refractivity contribution in [1.82, 2.24) is 10.2 Å². The molecular formula is C23H30FN3O5S. The fourth-order valence-corrected chi connectivity index (χ4v) is 4.23. The number of benzene rings is 2. The van der Waals surface area contributed by atoms with Crippen molar-refractivity contribution in [3.63, 3.8) is 0 Å². The van der Waals surface area contributed by atoms with Gasteiger partial charge in [0.2, 0.25) is 21.8 Å². The van der Waals surface area contributed by atoms with E-state index in [4.69, 9.17) is 4.74 Å². The summed E-state index contributed by atoms with van der Waals surface area (Å²) in [6.45, 7) is 3.44. The molecule has 2 aromatic rings. The highest BCUT2D eigenvalue weighted by atomic mass is 32.2. The predicted octanol–water partition coefficient (Wildman–Crippen LogP) is 2.54. The van der Waals surface area contributed by atoms with Gasteiger partial charge in [0.1, 0.15) is 24.2 Å². The Morgan fingerprint density at radius 3 is 2.30 bits per heavy atom. The zero-order valence-corrected chi connectivity index (χ0v) is 20.1. The average Bonchev–Trinajstić information content (AvgIpc) is 2.77. The van der Waals surface area contributed by atoms with Crippen LogP contribution < -0.4 is 14.4 Å². The SMILES string of the molecule is CCNC(=O)[C@H](CC)N(Cc1ccc(OC)cc1)C(=O)CN(c1cccc(F)c1)S(C)(=O)=O. The number of carbonyl (C=O) groups excluding carboxylic acids is 2. The molecule has 0 aliphatic heterocycles. The second-order valence-electron chi connectivity index (χ2n) is 7.44. The number of nitrogens with one attached hydrogen (secondary N) is 1. The third-order valence-electron chi connectivity index (χ3n) is 5.02. The molecule has 2 amide bonds. The lowest BCUT2D eigenvalue weighted by atomic mass is 10.1. The standard InChI is InChI=1S/C23H30FN3O5S/c1-5-21(23(29)25-6-2)26(15-17-10-12-20(32-3)13-11-17)22(28)16-27(33(4,30)31)19-9-7-8-18(24)14-19/h7-14,21H,5-6,15-16H2,1-4H3,(H,25,29)/t21-/m0/s1. The minimum Gasteiger partial charge on any atom is -0.497 e. The van der Waals surface area contributed by atoms with Crippen molar-refractivity contribution in [2.75, 3.05) is 30.8 Å². The number of ether oxygens (including phenoxy) is 1. The minimum atomic E-state index is -3.91. The van der Waals surface area contributed by atoms with Gasteiger partial charge in [0, 0.05) is 13.1 Å². The highest BCUT2D eigenvalue weighted by Gasteiger charge is 2.31. The van der Waals surface area contributed by atoms with Crippen LogP contribution in [0.4, 0.5) is 10.1 Å². The number of nitrogens with zero attached hydrogens (tertiary/aromatic N) is 2. The van der Waals surface area contributed by atoms with Crippen LogP contribution in [0.5, 0.6) is 5.75 Å². The summed E-state index contributed by atoms with van der Waals surface area (Å²) >= 11 is 0. The van der Waals surface area contributed by atoms with Crippen molar-refractivity contribution in [3.8, 4) is 5.75 Å². The van der Waals surface area contributed by atoms with Gasteiger partial charge in [-0.2, -0.15) is 0 Å². The summed E-state index contributed by atoms with van der Waals surface area (Å²) in [4.78, 5) is 27.5. The van der Waals surface area contributed by atoms with Gasteiger partial charge in [-0.1, -0.05) is 25.1 Å². The molecule has 10 heteroatoms. The monoisotopic (exact) mass is 479 g/mol. The van der Waals surface area contributed by atoms with Crippen molar-refractivity contribution in [3.05, 3.63) is 59.9 Å². The number of carbonyl (C=O) groups is 2. The quantitative estimate of drug-likeness (QED) is 0.534. The van der Waals surface area contributed by atoms with E-state index in [1.165, 1.54) is 23.1 Å². The first-order valence-electron chi connectivity index (χ1n) is 10.5. The molecule has 0 spiro atoms. The molecule has 0 heterocycles. The molecule has 1 N–H and O–H groups in total. The van der Waals surface area contributed by atoms with Gasteiger partial charge in [0.25, 0.3) is 0 Å². The van der Waals surface area contributed by atoms with Gasteiger partial charge in [-0.3, -0.25) is 13.9 Å². The summed E-state index contributed by atoms with van der Waals surface area (Å²) < 4.78 is 44.6. The highest BCUT2D eigenvalue weighted by Crippen LogP contribution is 2.21. The van der Waals surface area contributed by atoms with Crippen LogP contribution >= 0.6 is 0 Å². The molecule has 1 atom stereocenters. The van der Waals surface area contributed by atoms with Crippen LogP contribution in [0.25, 0.3) is 0 Å². The Kier molecular flexibility index (Phi) is 9.22. The first-order valence-corrected chi connectivity index (χ1v) is 12.4. The zero-order chi connectivity index (χ0) is 24.6. The fourth-order valence-electron chi connectivity index (χ4n) is 3.38. The van der Waals surface area contributed by atoms with E-state index in [9.17, 15) is 22.4 Å². The van der Waals surface area contributed by atoms with Crippen LogP contribution in [0.3, 0.4) is 0 Å². The largest absolute Gasteiger partial charge is 0.497 e. The van der Waals surface area contributed by atoms with Crippen molar-refractivity contribution in [1.29, 1.82) is 0 Å². The van der Waals surface area contributed by atoms with Crippen molar-refractivity contribution in [2.45, 2.75) is 32.9 Å². The molecule has 0 fully saturated rings. The van der Waals surface area contributed by atoms with Crippen LogP contribution in [-0.2, 0) is 26.2 Å². The van der Waals surface area contributed by atoms with Crippen LogP contribution in [0.2, 0.25) is 0 Å². The summed E-state index contributed by atoms with van der Waals surface area (Å²) in [6, 6.07) is 11.2. The Balaban J connectivity index is 2.42. The Morgan fingerprint density at radius 2 is 1.79 bits per heavy atom. The van der Waals surface area contributed by atoms with Crippen molar-refractivity contribution in [2.24, 2.45) is 0 Å². The summed E-state index contributed by atoms with van der Waals surface area (Å²) in [5.41, 5.74) is 0.768. The Hall–Kier alpha value is -3.14.